The molecule has 0 fully saturated rings. The van der Waals surface area contributed by atoms with Crippen molar-refractivity contribution in [2.24, 2.45) is 0 Å². The molecule has 0 unspecified atom stereocenters. The molecule has 0 atom stereocenters. The summed E-state index contributed by atoms with van der Waals surface area (Å²) < 4.78 is 1.76. The summed E-state index contributed by atoms with van der Waals surface area (Å²) >= 11 is 0. The Hall–Kier alpha value is -1.64. The van der Waals surface area contributed by atoms with Gasteiger partial charge in [-0.05, 0) is 18.1 Å². The van der Waals surface area contributed by atoms with Gasteiger partial charge < -0.3 is 0 Å². The topological polar surface area (TPSA) is 30.7 Å². The summed E-state index contributed by atoms with van der Waals surface area (Å²) in [5.41, 5.74) is 2.85. The van der Waals surface area contributed by atoms with Crippen molar-refractivity contribution in [3.05, 3.63) is 36.7 Å². The van der Waals surface area contributed by atoms with E-state index in [0.717, 1.165) is 6.54 Å². The molecule has 3 rings (SSSR count). The fourth-order valence-corrected chi connectivity index (χ4v) is 1.06. The zero-order chi connectivity index (χ0) is 9.10. The zero-order valence-electron chi connectivity index (χ0n) is 7.51. The minimum Gasteiger partial charge on any atom is -0.253 e. The quantitative estimate of drug-likeness (QED) is 0.563. The van der Waals surface area contributed by atoms with Crippen molar-refractivity contribution in [2.45, 2.75) is 13.5 Å². The normalized spacial score (nSPS) is 10.2. The third-order valence-electron chi connectivity index (χ3n) is 2.01. The number of fused-ring (bicyclic) bond motifs is 1. The molecule has 1 aromatic rings. The molecule has 66 valence electrons. The van der Waals surface area contributed by atoms with E-state index in [1.165, 1.54) is 11.1 Å². The van der Waals surface area contributed by atoms with E-state index < -0.39 is 0 Å². The maximum Gasteiger partial charge on any atom is 0.0692 e. The average Bonchev–Trinajstić information content (AvgIpc) is 2.64. The Morgan fingerprint density at radius 1 is 1.15 bits per heavy atom. The van der Waals surface area contributed by atoms with E-state index in [1.54, 1.807) is 10.9 Å². The number of aryl methyl sites for hydroxylation is 1. The minimum atomic E-state index is 0.903. The summed E-state index contributed by atoms with van der Waals surface area (Å²) in [4.78, 5) is 0. The van der Waals surface area contributed by atoms with E-state index in [2.05, 4.69) is 34.6 Å². The van der Waals surface area contributed by atoms with Gasteiger partial charge in [-0.1, -0.05) is 29.5 Å². The molecule has 0 aromatic carbocycles. The predicted octanol–water partition coefficient (Wildman–Crippen LogP) is 1.96. The highest BCUT2D eigenvalue weighted by molar-refractivity contribution is 5.75. The number of aromatic nitrogens is 3. The lowest BCUT2D eigenvalue weighted by atomic mass is 9.95. The van der Waals surface area contributed by atoms with Gasteiger partial charge in [0.05, 0.1) is 6.20 Å². The number of hydrogen-bond donors (Lipinski definition) is 0. The molecule has 0 saturated heterocycles. The molecule has 13 heavy (non-hydrogen) atoms. The monoisotopic (exact) mass is 173 g/mol. The first-order chi connectivity index (χ1) is 6.40. The van der Waals surface area contributed by atoms with E-state index in [9.17, 15) is 0 Å². The molecule has 2 aliphatic carbocycles. The number of nitrogens with zero attached hydrogens (tertiary/aromatic N) is 3. The van der Waals surface area contributed by atoms with Gasteiger partial charge in [0, 0.05) is 12.7 Å². The van der Waals surface area contributed by atoms with E-state index in [1.807, 2.05) is 13.1 Å². The molecule has 0 radical (unpaired) electrons. The molecule has 3 nitrogen and oxygen atoms in total. The van der Waals surface area contributed by atoms with Gasteiger partial charge in [0.2, 0.25) is 0 Å². The van der Waals surface area contributed by atoms with Crippen LogP contribution in [0.2, 0.25) is 0 Å². The van der Waals surface area contributed by atoms with Crippen LogP contribution in [0, 0.1) is 0 Å². The Morgan fingerprint density at radius 2 is 1.77 bits per heavy atom. The first kappa shape index (κ1) is 7.98. The highest BCUT2D eigenvalue weighted by atomic mass is 15.4. The summed E-state index contributed by atoms with van der Waals surface area (Å²) in [6, 6.07) is 8.48. The van der Waals surface area contributed by atoms with Gasteiger partial charge in [-0.25, -0.2) is 0 Å². The molecule has 0 saturated carbocycles. The van der Waals surface area contributed by atoms with Gasteiger partial charge in [0.1, 0.15) is 0 Å². The Bertz CT molecular complexity index is 341. The number of rotatable bonds is 1. The first-order valence-electron chi connectivity index (χ1n) is 4.34. The van der Waals surface area contributed by atoms with Crippen LogP contribution in [0.25, 0.3) is 11.1 Å². The van der Waals surface area contributed by atoms with E-state index in [4.69, 9.17) is 0 Å². The first-order valence-corrected chi connectivity index (χ1v) is 4.34. The van der Waals surface area contributed by atoms with E-state index in [-0.39, 0.29) is 0 Å². The van der Waals surface area contributed by atoms with Crippen LogP contribution in [0.5, 0.6) is 0 Å². The van der Waals surface area contributed by atoms with Crippen molar-refractivity contribution >= 4 is 0 Å². The highest BCUT2D eigenvalue weighted by Crippen LogP contribution is 2.29. The van der Waals surface area contributed by atoms with E-state index in [0.29, 0.717) is 0 Å². The molecular formula is C10H11N3. The van der Waals surface area contributed by atoms with Gasteiger partial charge in [-0.15, -0.1) is 5.10 Å². The minimum absolute atomic E-state index is 0.903. The molecule has 1 heterocycles. The second-order valence-corrected chi connectivity index (χ2v) is 2.84. The molecule has 0 spiro atoms. The van der Waals surface area contributed by atoms with Gasteiger partial charge in [-0.2, -0.15) is 0 Å². The molecule has 3 heteroatoms. The Labute approximate surface area is 77.0 Å². The summed E-state index contributed by atoms with van der Waals surface area (Å²) in [5, 5.41) is 7.31. The predicted molar refractivity (Wildman–Crippen MR) is 51.1 cm³/mol. The Morgan fingerprint density at radius 3 is 1.92 bits per heavy atom. The van der Waals surface area contributed by atoms with Gasteiger partial charge in [0.25, 0.3) is 0 Å². The number of benzene rings is 1. The lowest BCUT2D eigenvalue weighted by Gasteiger charge is -2.10. The van der Waals surface area contributed by atoms with E-state index >= 15 is 0 Å². The third kappa shape index (κ3) is 1.59. The van der Waals surface area contributed by atoms with Crippen molar-refractivity contribution in [3.63, 3.8) is 0 Å². The third-order valence-corrected chi connectivity index (χ3v) is 2.01. The SMILES string of the molecule is CCn1ccnn1.c1cc2ccc1-2. The van der Waals surface area contributed by atoms with Crippen LogP contribution < -0.4 is 0 Å². The van der Waals surface area contributed by atoms with Crippen LogP contribution in [-0.4, -0.2) is 15.0 Å². The standard InChI is InChI=1S/C6H4.C4H7N3/c1-2-6-4-3-5(1)6;1-2-7-4-3-5-6-7/h1-4H;3-4H,2H2,1H3. The summed E-state index contributed by atoms with van der Waals surface area (Å²) in [7, 11) is 0. The van der Waals surface area contributed by atoms with Crippen molar-refractivity contribution in [1.29, 1.82) is 0 Å². The van der Waals surface area contributed by atoms with Crippen LogP contribution in [0.1, 0.15) is 6.92 Å². The fraction of sp³-hybridized carbons (Fsp3) is 0.200. The molecule has 0 amide bonds. The fourth-order valence-electron chi connectivity index (χ4n) is 1.06. The molecule has 0 aliphatic heterocycles. The molecule has 0 bridgehead atoms. The van der Waals surface area contributed by atoms with Crippen molar-refractivity contribution in [3.8, 4) is 11.1 Å². The average molecular weight is 173 g/mol. The summed E-state index contributed by atoms with van der Waals surface area (Å²) in [6.07, 6.45) is 3.50. The largest absolute Gasteiger partial charge is 0.253 e. The maximum atomic E-state index is 3.70. The second kappa shape index (κ2) is 3.39. The highest BCUT2D eigenvalue weighted by Gasteiger charge is 2.03. The molecule has 2 aliphatic rings. The summed E-state index contributed by atoms with van der Waals surface area (Å²) in [6.45, 7) is 2.93. The zero-order valence-corrected chi connectivity index (χ0v) is 7.51. The van der Waals surface area contributed by atoms with Crippen LogP contribution in [0.3, 0.4) is 0 Å². The Balaban J connectivity index is 0.000000101. The smallest absolute Gasteiger partial charge is 0.0692 e. The van der Waals surface area contributed by atoms with Crippen molar-refractivity contribution < 1.29 is 0 Å². The Kier molecular flexibility index (Phi) is 2.08. The number of hydrogen-bond acceptors (Lipinski definition) is 2. The lowest BCUT2D eigenvalue weighted by Crippen LogP contribution is -1.92. The van der Waals surface area contributed by atoms with Crippen molar-refractivity contribution in [1.82, 2.24) is 15.0 Å². The molecular weight excluding hydrogens is 162 g/mol. The van der Waals surface area contributed by atoms with Crippen LogP contribution >= 0.6 is 0 Å². The molecule has 0 N–H and O–H groups in total. The van der Waals surface area contributed by atoms with Gasteiger partial charge >= 0.3 is 0 Å². The molecule has 1 aromatic heterocycles. The lowest BCUT2D eigenvalue weighted by molar-refractivity contribution is 0.627. The summed E-state index contributed by atoms with van der Waals surface area (Å²) in [5.74, 6) is 0. The van der Waals surface area contributed by atoms with Crippen LogP contribution in [0.15, 0.2) is 36.7 Å². The van der Waals surface area contributed by atoms with Crippen molar-refractivity contribution in [2.75, 3.05) is 0 Å². The van der Waals surface area contributed by atoms with Crippen LogP contribution in [0.4, 0.5) is 0 Å². The van der Waals surface area contributed by atoms with Gasteiger partial charge in [0.15, 0.2) is 0 Å². The second-order valence-electron chi connectivity index (χ2n) is 2.84. The van der Waals surface area contributed by atoms with Crippen LogP contribution in [-0.2, 0) is 6.54 Å². The van der Waals surface area contributed by atoms with Gasteiger partial charge in [-0.3, -0.25) is 4.68 Å². The maximum absolute atomic E-state index is 3.70.